The number of aromatic nitrogens is 1. The Balaban J connectivity index is 3.28. The van der Waals surface area contributed by atoms with Crippen molar-refractivity contribution in [1.29, 1.82) is 0 Å². The first-order chi connectivity index (χ1) is 6.61. The third-order valence-corrected chi connectivity index (χ3v) is 2.28. The number of hydrogen-bond acceptors (Lipinski definition) is 4. The maximum absolute atomic E-state index is 5.83. The topological polar surface area (TPSA) is 60.2 Å². The number of hydrogen-bond donors (Lipinski definition) is 2. The Morgan fingerprint density at radius 2 is 2.07 bits per heavy atom. The smallest absolute Gasteiger partial charge is 0.143 e. The Hall–Kier alpha value is -1.29. The SMILES string of the molecule is CNCc1c(N)nc(C)c(OC)c1C. The van der Waals surface area contributed by atoms with Gasteiger partial charge in [-0.25, -0.2) is 4.98 Å². The molecule has 0 aliphatic heterocycles. The molecule has 4 heteroatoms. The molecule has 0 aliphatic carbocycles. The van der Waals surface area contributed by atoms with E-state index in [1.54, 1.807) is 7.11 Å². The van der Waals surface area contributed by atoms with Crippen LogP contribution in [0.25, 0.3) is 0 Å². The van der Waals surface area contributed by atoms with Crippen molar-refractivity contribution in [1.82, 2.24) is 10.3 Å². The van der Waals surface area contributed by atoms with Crippen LogP contribution in [0, 0.1) is 13.8 Å². The summed E-state index contributed by atoms with van der Waals surface area (Å²) < 4.78 is 5.27. The molecular weight excluding hydrogens is 178 g/mol. The highest BCUT2D eigenvalue weighted by molar-refractivity contribution is 5.52. The third kappa shape index (κ3) is 1.80. The van der Waals surface area contributed by atoms with Crippen molar-refractivity contribution in [3.8, 4) is 5.75 Å². The summed E-state index contributed by atoms with van der Waals surface area (Å²) in [6.07, 6.45) is 0. The summed E-state index contributed by atoms with van der Waals surface area (Å²) in [5, 5.41) is 3.06. The zero-order valence-electron chi connectivity index (χ0n) is 9.14. The first-order valence-electron chi connectivity index (χ1n) is 4.56. The second-order valence-electron chi connectivity index (χ2n) is 3.25. The molecule has 14 heavy (non-hydrogen) atoms. The van der Waals surface area contributed by atoms with Crippen molar-refractivity contribution >= 4 is 5.82 Å². The summed E-state index contributed by atoms with van der Waals surface area (Å²) in [5.74, 6) is 1.40. The summed E-state index contributed by atoms with van der Waals surface area (Å²) in [4.78, 5) is 4.24. The average molecular weight is 195 g/mol. The van der Waals surface area contributed by atoms with Crippen LogP contribution in [-0.4, -0.2) is 19.1 Å². The molecule has 0 unspecified atom stereocenters. The second-order valence-corrected chi connectivity index (χ2v) is 3.25. The molecule has 3 N–H and O–H groups in total. The average Bonchev–Trinajstić information content (AvgIpc) is 2.12. The Morgan fingerprint density at radius 1 is 1.43 bits per heavy atom. The molecule has 0 aliphatic rings. The predicted molar refractivity (Wildman–Crippen MR) is 57.4 cm³/mol. The lowest BCUT2D eigenvalue weighted by atomic mass is 10.1. The van der Waals surface area contributed by atoms with Crippen molar-refractivity contribution in [2.75, 3.05) is 19.9 Å². The van der Waals surface area contributed by atoms with Crippen LogP contribution in [0.2, 0.25) is 0 Å². The van der Waals surface area contributed by atoms with Gasteiger partial charge < -0.3 is 15.8 Å². The van der Waals surface area contributed by atoms with Gasteiger partial charge in [0.15, 0.2) is 0 Å². The van der Waals surface area contributed by atoms with Crippen LogP contribution in [0.5, 0.6) is 5.75 Å². The molecule has 0 bridgehead atoms. The third-order valence-electron chi connectivity index (χ3n) is 2.28. The lowest BCUT2D eigenvalue weighted by molar-refractivity contribution is 0.405. The first-order valence-corrected chi connectivity index (χ1v) is 4.56. The molecule has 0 amide bonds. The maximum atomic E-state index is 5.83. The Kier molecular flexibility index (Phi) is 3.30. The molecule has 1 aromatic rings. The van der Waals surface area contributed by atoms with Gasteiger partial charge in [-0.2, -0.15) is 0 Å². The van der Waals surface area contributed by atoms with Crippen LogP contribution in [0.15, 0.2) is 0 Å². The monoisotopic (exact) mass is 195 g/mol. The number of nitrogens with zero attached hydrogens (tertiary/aromatic N) is 1. The largest absolute Gasteiger partial charge is 0.495 e. The fourth-order valence-corrected chi connectivity index (χ4v) is 1.60. The highest BCUT2D eigenvalue weighted by atomic mass is 16.5. The zero-order chi connectivity index (χ0) is 10.7. The molecule has 0 atom stereocenters. The minimum absolute atomic E-state index is 0.579. The summed E-state index contributed by atoms with van der Waals surface area (Å²) in [7, 11) is 3.53. The number of nitrogens with two attached hydrogens (primary N) is 1. The number of nitrogen functional groups attached to an aromatic ring is 1. The molecule has 0 saturated heterocycles. The molecule has 4 nitrogen and oxygen atoms in total. The van der Waals surface area contributed by atoms with Crippen molar-refractivity contribution in [3.63, 3.8) is 0 Å². The van der Waals surface area contributed by atoms with E-state index < -0.39 is 0 Å². The van der Waals surface area contributed by atoms with Crippen LogP contribution in [0.4, 0.5) is 5.82 Å². The van der Waals surface area contributed by atoms with E-state index in [1.165, 1.54) is 0 Å². The number of rotatable bonds is 3. The van der Waals surface area contributed by atoms with Gasteiger partial charge >= 0.3 is 0 Å². The molecule has 0 aromatic carbocycles. The number of methoxy groups -OCH3 is 1. The van der Waals surface area contributed by atoms with E-state index in [0.29, 0.717) is 12.4 Å². The standard InChI is InChI=1S/C10H17N3O/c1-6-8(5-12-3)10(11)13-7(2)9(6)14-4/h12H,5H2,1-4H3,(H2,11,13). The van der Waals surface area contributed by atoms with E-state index >= 15 is 0 Å². The number of ether oxygens (including phenoxy) is 1. The van der Waals surface area contributed by atoms with E-state index in [-0.39, 0.29) is 0 Å². The molecule has 1 rings (SSSR count). The van der Waals surface area contributed by atoms with Crippen molar-refractivity contribution < 1.29 is 4.74 Å². The quantitative estimate of drug-likeness (QED) is 0.755. The van der Waals surface area contributed by atoms with E-state index in [0.717, 1.165) is 22.6 Å². The Labute approximate surface area is 84.5 Å². The highest BCUT2D eigenvalue weighted by Crippen LogP contribution is 2.27. The summed E-state index contributed by atoms with van der Waals surface area (Å²) in [6.45, 7) is 4.60. The van der Waals surface area contributed by atoms with Gasteiger partial charge in [0.25, 0.3) is 0 Å². The first kappa shape index (κ1) is 10.8. The van der Waals surface area contributed by atoms with Gasteiger partial charge in [-0.1, -0.05) is 0 Å². The number of aryl methyl sites for hydroxylation is 1. The Morgan fingerprint density at radius 3 is 2.57 bits per heavy atom. The van der Waals surface area contributed by atoms with Crippen molar-refractivity contribution in [3.05, 3.63) is 16.8 Å². The molecule has 0 spiro atoms. The van der Waals surface area contributed by atoms with Gasteiger partial charge in [-0.15, -0.1) is 0 Å². The van der Waals surface area contributed by atoms with E-state index in [2.05, 4.69) is 10.3 Å². The van der Waals surface area contributed by atoms with Crippen LogP contribution >= 0.6 is 0 Å². The van der Waals surface area contributed by atoms with Gasteiger partial charge in [0.2, 0.25) is 0 Å². The highest BCUT2D eigenvalue weighted by Gasteiger charge is 2.12. The minimum Gasteiger partial charge on any atom is -0.495 e. The second kappa shape index (κ2) is 4.28. The molecule has 1 heterocycles. The zero-order valence-corrected chi connectivity index (χ0v) is 9.14. The summed E-state index contributed by atoms with van der Waals surface area (Å²) in [6, 6.07) is 0. The van der Waals surface area contributed by atoms with Crippen molar-refractivity contribution in [2.45, 2.75) is 20.4 Å². The molecule has 0 saturated carbocycles. The normalized spacial score (nSPS) is 10.3. The predicted octanol–water partition coefficient (Wildman–Crippen LogP) is 1.01. The number of anilines is 1. The molecule has 1 aromatic heterocycles. The van der Waals surface area contributed by atoms with Gasteiger partial charge in [-0.05, 0) is 20.9 Å². The van der Waals surface area contributed by atoms with Gasteiger partial charge in [0.1, 0.15) is 11.6 Å². The number of pyridine rings is 1. The Bertz CT molecular complexity index is 337. The lowest BCUT2D eigenvalue weighted by Crippen LogP contribution is -2.12. The lowest BCUT2D eigenvalue weighted by Gasteiger charge is -2.14. The van der Waals surface area contributed by atoms with E-state index in [9.17, 15) is 0 Å². The van der Waals surface area contributed by atoms with E-state index in [4.69, 9.17) is 10.5 Å². The van der Waals surface area contributed by atoms with Gasteiger partial charge in [0.05, 0.1) is 12.8 Å². The summed E-state index contributed by atoms with van der Waals surface area (Å²) >= 11 is 0. The maximum Gasteiger partial charge on any atom is 0.143 e. The summed E-state index contributed by atoms with van der Waals surface area (Å²) in [5.41, 5.74) is 8.73. The number of nitrogens with one attached hydrogen (secondary N) is 1. The van der Waals surface area contributed by atoms with Crippen LogP contribution < -0.4 is 15.8 Å². The minimum atomic E-state index is 0.579. The molecule has 0 fully saturated rings. The van der Waals surface area contributed by atoms with Crippen LogP contribution in [0.3, 0.4) is 0 Å². The molecule has 78 valence electrons. The molecular formula is C10H17N3O. The fraction of sp³-hybridized carbons (Fsp3) is 0.500. The van der Waals surface area contributed by atoms with E-state index in [1.807, 2.05) is 20.9 Å². The van der Waals surface area contributed by atoms with Gasteiger partial charge in [0, 0.05) is 17.7 Å². The molecule has 0 radical (unpaired) electrons. The van der Waals surface area contributed by atoms with Gasteiger partial charge in [-0.3, -0.25) is 0 Å². The fourth-order valence-electron chi connectivity index (χ4n) is 1.60. The van der Waals surface area contributed by atoms with Crippen LogP contribution in [-0.2, 0) is 6.54 Å². The van der Waals surface area contributed by atoms with Crippen LogP contribution in [0.1, 0.15) is 16.8 Å². The van der Waals surface area contributed by atoms with Crippen molar-refractivity contribution in [2.24, 2.45) is 0 Å².